The van der Waals surface area contributed by atoms with Gasteiger partial charge in [0.2, 0.25) is 17.5 Å². The third-order valence-electron chi connectivity index (χ3n) is 4.50. The first kappa shape index (κ1) is 24.7. The molecule has 34 heavy (non-hydrogen) atoms. The van der Waals surface area contributed by atoms with Gasteiger partial charge in [-0.15, -0.1) is 11.8 Å². The van der Waals surface area contributed by atoms with Gasteiger partial charge in [-0.3, -0.25) is 0 Å². The predicted octanol–water partition coefficient (Wildman–Crippen LogP) is 4.56. The van der Waals surface area contributed by atoms with Crippen LogP contribution in [0.1, 0.15) is 11.5 Å². The number of carbonyl (C=O) groups is 1. The normalized spacial score (nSPS) is 11.9. The van der Waals surface area contributed by atoms with Crippen LogP contribution < -0.4 is 9.47 Å². The first-order valence-corrected chi connectivity index (χ1v) is 10.9. The molecule has 1 N–H and O–H groups in total. The zero-order chi connectivity index (χ0) is 24.8. The molecule has 0 fully saturated rings. The molecule has 2 aromatic carbocycles. The lowest BCUT2D eigenvalue weighted by molar-refractivity contribution is 0.183. The smallest absolute Gasteiger partial charge is 0.434 e. The van der Waals surface area contributed by atoms with E-state index >= 15 is 4.39 Å². The zero-order valence-corrected chi connectivity index (χ0v) is 19.8. The number of amides is 1. The fourth-order valence-electron chi connectivity index (χ4n) is 2.90. The molecule has 0 aliphatic carbocycles. The van der Waals surface area contributed by atoms with Gasteiger partial charge in [0.1, 0.15) is 10.8 Å². The van der Waals surface area contributed by atoms with Crippen molar-refractivity contribution in [1.82, 2.24) is 10.1 Å². The van der Waals surface area contributed by atoms with Crippen molar-refractivity contribution in [3.63, 3.8) is 0 Å². The Morgan fingerprint density at radius 3 is 2.41 bits per heavy atom. The van der Waals surface area contributed by atoms with E-state index in [9.17, 15) is 9.90 Å². The number of ether oxygens (including phenoxy) is 3. The number of hydrogen-bond donors (Lipinski definition) is 1. The van der Waals surface area contributed by atoms with Gasteiger partial charge in [-0.05, 0) is 36.6 Å². The van der Waals surface area contributed by atoms with E-state index in [2.05, 4.69) is 24.9 Å². The number of phenolic OH excluding ortho intramolecular Hbond substituents is 1. The number of aryl methyl sites for hydroxylation is 1. The van der Waals surface area contributed by atoms with Crippen molar-refractivity contribution < 1.29 is 33.0 Å². The number of aliphatic imine (C=N–C) groups is 2. The lowest BCUT2D eigenvalue weighted by atomic mass is 10.1. The molecule has 0 radical (unpaired) electrons. The number of thioether (sulfide) groups is 1. The molecule has 1 amide bonds. The number of rotatable bonds is 6. The standard InChI is InChI=1S/C22H21FN4O6S/c1-11-24-20(27-33-11)12-6-8-13(9-7-12)25-17(21(34-5)26-22(29)32-4)14-10-15(30-2)19(31-3)18(28)16(14)23/h6-10,28H,1-5H3/b25-17+,26-21-. The molecule has 1 aromatic heterocycles. The highest BCUT2D eigenvalue weighted by molar-refractivity contribution is 8.15. The molecule has 0 aliphatic heterocycles. The second-order valence-electron chi connectivity index (χ2n) is 6.56. The Hall–Kier alpha value is -3.93. The van der Waals surface area contributed by atoms with Gasteiger partial charge in [-0.2, -0.15) is 9.98 Å². The summed E-state index contributed by atoms with van der Waals surface area (Å²) in [6.07, 6.45) is 0.738. The Balaban J connectivity index is 2.19. The maximum Gasteiger partial charge on any atom is 0.434 e. The minimum Gasteiger partial charge on any atom is -0.502 e. The molecule has 3 rings (SSSR count). The van der Waals surface area contributed by atoms with Crippen molar-refractivity contribution in [2.24, 2.45) is 9.98 Å². The highest BCUT2D eigenvalue weighted by atomic mass is 32.2. The summed E-state index contributed by atoms with van der Waals surface area (Å²) < 4.78 is 35.1. The number of phenols is 1. The minimum absolute atomic E-state index is 0.0326. The van der Waals surface area contributed by atoms with Crippen LogP contribution in [-0.2, 0) is 4.74 Å². The van der Waals surface area contributed by atoms with E-state index in [1.165, 1.54) is 27.4 Å². The third kappa shape index (κ3) is 5.17. The van der Waals surface area contributed by atoms with Gasteiger partial charge < -0.3 is 23.8 Å². The second kappa shape index (κ2) is 10.8. The van der Waals surface area contributed by atoms with Crippen molar-refractivity contribution in [1.29, 1.82) is 0 Å². The fourth-order valence-corrected chi connectivity index (χ4v) is 3.42. The van der Waals surface area contributed by atoms with Crippen molar-refractivity contribution in [3.05, 3.63) is 47.6 Å². The van der Waals surface area contributed by atoms with Crippen LogP contribution in [0.5, 0.6) is 17.2 Å². The minimum atomic E-state index is -1.03. The van der Waals surface area contributed by atoms with Crippen LogP contribution >= 0.6 is 11.8 Å². The van der Waals surface area contributed by atoms with Gasteiger partial charge in [0.15, 0.2) is 17.3 Å². The second-order valence-corrected chi connectivity index (χ2v) is 7.35. The Labute approximate surface area is 198 Å². The lowest BCUT2D eigenvalue weighted by Crippen LogP contribution is -2.16. The summed E-state index contributed by atoms with van der Waals surface area (Å²) in [6, 6.07) is 8.01. The number of nitrogens with zero attached hydrogens (tertiary/aromatic N) is 4. The number of hydrogen-bond acceptors (Lipinski definition) is 10. The Bertz CT molecular complexity index is 1260. The van der Waals surface area contributed by atoms with Crippen LogP contribution in [0.4, 0.5) is 14.9 Å². The largest absolute Gasteiger partial charge is 0.502 e. The number of halogens is 1. The topological polar surface area (TPSA) is 129 Å². The number of carbonyl (C=O) groups excluding carboxylic acids is 1. The Kier molecular flexibility index (Phi) is 7.84. The fraction of sp³-hybridized carbons (Fsp3) is 0.227. The number of benzene rings is 2. The quantitative estimate of drug-likeness (QED) is 0.392. The summed E-state index contributed by atoms with van der Waals surface area (Å²) in [7, 11) is 3.78. The summed E-state index contributed by atoms with van der Waals surface area (Å²) in [4.78, 5) is 24.4. The molecule has 10 nitrogen and oxygen atoms in total. The van der Waals surface area contributed by atoms with E-state index in [4.69, 9.17) is 14.0 Å². The van der Waals surface area contributed by atoms with Gasteiger partial charge in [0.25, 0.3) is 0 Å². The van der Waals surface area contributed by atoms with E-state index in [0.29, 0.717) is 23.0 Å². The third-order valence-corrected chi connectivity index (χ3v) is 5.17. The summed E-state index contributed by atoms with van der Waals surface area (Å²) in [5.74, 6) is -1.09. The van der Waals surface area contributed by atoms with E-state index in [0.717, 1.165) is 11.8 Å². The first-order chi connectivity index (χ1) is 16.3. The van der Waals surface area contributed by atoms with Crippen LogP contribution in [0.15, 0.2) is 44.8 Å². The van der Waals surface area contributed by atoms with Crippen molar-refractivity contribution in [2.45, 2.75) is 6.92 Å². The van der Waals surface area contributed by atoms with Crippen LogP contribution in [-0.4, -0.2) is 59.7 Å². The van der Waals surface area contributed by atoms with Crippen LogP contribution in [0.25, 0.3) is 11.4 Å². The van der Waals surface area contributed by atoms with E-state index in [1.54, 1.807) is 37.4 Å². The Morgan fingerprint density at radius 1 is 1.18 bits per heavy atom. The molecule has 1 heterocycles. The van der Waals surface area contributed by atoms with Gasteiger partial charge >= 0.3 is 6.09 Å². The van der Waals surface area contributed by atoms with E-state index in [1.807, 2.05) is 0 Å². The molecule has 0 spiro atoms. The van der Waals surface area contributed by atoms with Crippen molar-refractivity contribution in [2.75, 3.05) is 27.6 Å². The number of methoxy groups -OCH3 is 3. The monoisotopic (exact) mass is 488 g/mol. The molecule has 178 valence electrons. The summed E-state index contributed by atoms with van der Waals surface area (Å²) in [6.45, 7) is 1.68. The molecule has 0 unspecified atom stereocenters. The highest BCUT2D eigenvalue weighted by Gasteiger charge is 2.25. The number of aromatic hydroxyl groups is 1. The summed E-state index contributed by atoms with van der Waals surface area (Å²) >= 11 is 1.04. The van der Waals surface area contributed by atoms with E-state index in [-0.39, 0.29) is 27.8 Å². The molecule has 0 aliphatic rings. The molecular formula is C22H21FN4O6S. The maximum atomic E-state index is 15.2. The van der Waals surface area contributed by atoms with Gasteiger partial charge in [0.05, 0.1) is 27.0 Å². The molecular weight excluding hydrogens is 467 g/mol. The van der Waals surface area contributed by atoms with Crippen molar-refractivity contribution >= 4 is 34.3 Å². The van der Waals surface area contributed by atoms with Crippen LogP contribution in [0, 0.1) is 12.7 Å². The van der Waals surface area contributed by atoms with Gasteiger partial charge in [-0.1, -0.05) is 5.16 Å². The molecule has 12 heteroatoms. The zero-order valence-electron chi connectivity index (χ0n) is 19.0. The van der Waals surface area contributed by atoms with Gasteiger partial charge in [0, 0.05) is 18.1 Å². The Morgan fingerprint density at radius 2 is 1.88 bits per heavy atom. The molecule has 3 aromatic rings. The average molecular weight is 488 g/mol. The average Bonchev–Trinajstić information content (AvgIpc) is 3.29. The van der Waals surface area contributed by atoms with Gasteiger partial charge in [-0.25, -0.2) is 14.2 Å². The molecule has 0 atom stereocenters. The van der Waals surface area contributed by atoms with E-state index < -0.39 is 17.7 Å². The highest BCUT2D eigenvalue weighted by Crippen LogP contribution is 2.41. The SMILES string of the molecule is COC(=O)/N=C(SC)/C(=N/c1ccc(-c2noc(C)n2)cc1)c1cc(OC)c(OC)c(O)c1F. The maximum absolute atomic E-state index is 15.2. The van der Waals surface area contributed by atoms with Crippen LogP contribution in [0.2, 0.25) is 0 Å². The summed E-state index contributed by atoms with van der Waals surface area (Å²) in [5.41, 5.74) is 0.889. The lowest BCUT2D eigenvalue weighted by Gasteiger charge is -2.15. The predicted molar refractivity (Wildman–Crippen MR) is 125 cm³/mol. The molecule has 0 bridgehead atoms. The summed E-state index contributed by atoms with van der Waals surface area (Å²) in [5, 5.41) is 14.3. The molecule has 0 saturated carbocycles. The first-order valence-electron chi connectivity index (χ1n) is 9.67. The van der Waals surface area contributed by atoms with Crippen molar-refractivity contribution in [3.8, 4) is 28.6 Å². The van der Waals surface area contributed by atoms with Crippen LogP contribution in [0.3, 0.4) is 0 Å². The number of aromatic nitrogens is 2. The molecule has 0 saturated heterocycles.